The summed E-state index contributed by atoms with van der Waals surface area (Å²) in [6.45, 7) is 2.27. The molecular formula is C9H14ClN3O2S. The minimum absolute atomic E-state index is 0.00627. The Morgan fingerprint density at radius 1 is 1.50 bits per heavy atom. The highest BCUT2D eigenvalue weighted by molar-refractivity contribution is 7.89. The molecule has 16 heavy (non-hydrogen) atoms. The van der Waals surface area contributed by atoms with Gasteiger partial charge in [0, 0.05) is 12.6 Å². The van der Waals surface area contributed by atoms with Crippen LogP contribution in [-0.4, -0.2) is 21.0 Å². The monoisotopic (exact) mass is 263 g/mol. The van der Waals surface area contributed by atoms with Crippen molar-refractivity contribution in [3.05, 3.63) is 23.2 Å². The van der Waals surface area contributed by atoms with E-state index in [1.54, 1.807) is 0 Å². The quantitative estimate of drug-likeness (QED) is 0.746. The lowest BCUT2D eigenvalue weighted by Crippen LogP contribution is -2.25. The van der Waals surface area contributed by atoms with Gasteiger partial charge < -0.3 is 11.1 Å². The van der Waals surface area contributed by atoms with Crippen LogP contribution in [0.25, 0.3) is 0 Å². The second kappa shape index (κ2) is 5.01. The summed E-state index contributed by atoms with van der Waals surface area (Å²) >= 11 is 5.91. The topological polar surface area (TPSA) is 98.2 Å². The van der Waals surface area contributed by atoms with Gasteiger partial charge in [0.05, 0.1) is 15.6 Å². The number of nitrogens with one attached hydrogen (secondary N) is 1. The van der Waals surface area contributed by atoms with Gasteiger partial charge in [-0.05, 0) is 25.1 Å². The summed E-state index contributed by atoms with van der Waals surface area (Å²) in [4.78, 5) is 0.0172. The van der Waals surface area contributed by atoms with Crippen LogP contribution in [0.5, 0.6) is 0 Å². The van der Waals surface area contributed by atoms with Gasteiger partial charge in [-0.2, -0.15) is 0 Å². The number of benzene rings is 1. The Morgan fingerprint density at radius 3 is 2.62 bits per heavy atom. The summed E-state index contributed by atoms with van der Waals surface area (Å²) < 4.78 is 22.3. The maximum Gasteiger partial charge on any atom is 0.238 e. The van der Waals surface area contributed by atoms with Gasteiger partial charge in [-0.1, -0.05) is 11.6 Å². The van der Waals surface area contributed by atoms with Gasteiger partial charge in [0.25, 0.3) is 0 Å². The zero-order valence-corrected chi connectivity index (χ0v) is 10.3. The molecule has 0 heterocycles. The summed E-state index contributed by atoms with van der Waals surface area (Å²) in [6.07, 6.45) is 0. The zero-order chi connectivity index (χ0) is 12.3. The molecule has 1 aromatic carbocycles. The highest BCUT2D eigenvalue weighted by Crippen LogP contribution is 2.25. The lowest BCUT2D eigenvalue weighted by Gasteiger charge is -2.14. The Balaban J connectivity index is 3.09. The van der Waals surface area contributed by atoms with Crippen molar-refractivity contribution >= 4 is 27.3 Å². The van der Waals surface area contributed by atoms with Crippen LogP contribution in [0.4, 0.5) is 5.69 Å². The van der Waals surface area contributed by atoms with Gasteiger partial charge >= 0.3 is 0 Å². The molecule has 0 aliphatic heterocycles. The number of anilines is 1. The Labute approximate surface area is 99.8 Å². The Morgan fingerprint density at radius 2 is 2.12 bits per heavy atom. The molecule has 5 N–H and O–H groups in total. The Bertz CT molecular complexity index is 476. The van der Waals surface area contributed by atoms with Crippen LogP contribution in [0, 0.1) is 0 Å². The molecule has 1 aromatic rings. The number of primary sulfonamides is 1. The second-order valence-corrected chi connectivity index (χ2v) is 5.44. The molecule has 0 bridgehead atoms. The van der Waals surface area contributed by atoms with Crippen molar-refractivity contribution in [3.63, 3.8) is 0 Å². The summed E-state index contributed by atoms with van der Waals surface area (Å²) in [6, 6.07) is 4.22. The molecule has 0 saturated heterocycles. The number of sulfonamides is 1. The van der Waals surface area contributed by atoms with Crippen LogP contribution in [0.1, 0.15) is 6.92 Å². The number of hydrogen-bond acceptors (Lipinski definition) is 4. The third kappa shape index (κ3) is 3.34. The summed E-state index contributed by atoms with van der Waals surface area (Å²) in [5, 5.41) is 8.43. The van der Waals surface area contributed by atoms with E-state index in [0.29, 0.717) is 17.3 Å². The molecule has 0 amide bonds. The smallest absolute Gasteiger partial charge is 0.238 e. The SMILES string of the molecule is CC(CN)Nc1cc(S(N)(=O)=O)ccc1Cl. The first-order chi connectivity index (χ1) is 7.34. The largest absolute Gasteiger partial charge is 0.380 e. The number of rotatable bonds is 4. The van der Waals surface area contributed by atoms with Crippen molar-refractivity contribution in [1.82, 2.24) is 0 Å². The van der Waals surface area contributed by atoms with Crippen LogP contribution in [0.3, 0.4) is 0 Å². The number of halogens is 1. The van der Waals surface area contributed by atoms with Crippen molar-refractivity contribution < 1.29 is 8.42 Å². The van der Waals surface area contributed by atoms with Crippen LogP contribution < -0.4 is 16.2 Å². The van der Waals surface area contributed by atoms with E-state index in [2.05, 4.69) is 5.32 Å². The lowest BCUT2D eigenvalue weighted by molar-refractivity contribution is 0.598. The van der Waals surface area contributed by atoms with Gasteiger partial charge in [-0.15, -0.1) is 0 Å². The van der Waals surface area contributed by atoms with E-state index in [1.807, 2.05) is 6.92 Å². The molecule has 0 saturated carbocycles. The van der Waals surface area contributed by atoms with Crippen LogP contribution >= 0.6 is 11.6 Å². The first-order valence-electron chi connectivity index (χ1n) is 4.63. The fourth-order valence-corrected chi connectivity index (χ4v) is 1.83. The van der Waals surface area contributed by atoms with Crippen LogP contribution in [0.15, 0.2) is 23.1 Å². The summed E-state index contributed by atoms with van der Waals surface area (Å²) in [7, 11) is -3.71. The van der Waals surface area contributed by atoms with Gasteiger partial charge in [0.1, 0.15) is 0 Å². The fraction of sp³-hybridized carbons (Fsp3) is 0.333. The van der Waals surface area contributed by atoms with Crippen molar-refractivity contribution in [1.29, 1.82) is 0 Å². The van der Waals surface area contributed by atoms with Crippen molar-refractivity contribution in [2.24, 2.45) is 10.9 Å². The minimum atomic E-state index is -3.71. The summed E-state index contributed by atoms with van der Waals surface area (Å²) in [5.74, 6) is 0. The van der Waals surface area contributed by atoms with Crippen LogP contribution in [-0.2, 0) is 10.0 Å². The van der Waals surface area contributed by atoms with Crippen molar-refractivity contribution in [3.8, 4) is 0 Å². The molecule has 5 nitrogen and oxygen atoms in total. The van der Waals surface area contributed by atoms with Crippen molar-refractivity contribution in [2.75, 3.05) is 11.9 Å². The normalized spacial score (nSPS) is 13.5. The number of nitrogens with two attached hydrogens (primary N) is 2. The predicted octanol–water partition coefficient (Wildman–Crippen LogP) is 0.747. The van der Waals surface area contributed by atoms with E-state index in [0.717, 1.165) is 0 Å². The molecule has 0 radical (unpaired) electrons. The summed E-state index contributed by atoms with van der Waals surface area (Å²) in [5.41, 5.74) is 5.95. The van der Waals surface area contributed by atoms with Gasteiger partial charge in [-0.25, -0.2) is 13.6 Å². The molecular weight excluding hydrogens is 250 g/mol. The van der Waals surface area contributed by atoms with E-state index in [9.17, 15) is 8.42 Å². The maximum absolute atomic E-state index is 11.1. The number of hydrogen-bond donors (Lipinski definition) is 3. The van der Waals surface area contributed by atoms with Crippen molar-refractivity contribution in [2.45, 2.75) is 17.9 Å². The highest BCUT2D eigenvalue weighted by Gasteiger charge is 2.11. The Hall–Kier alpha value is -0.820. The minimum Gasteiger partial charge on any atom is -0.380 e. The zero-order valence-electron chi connectivity index (χ0n) is 8.77. The molecule has 0 aromatic heterocycles. The molecule has 1 rings (SSSR count). The first kappa shape index (κ1) is 13.2. The first-order valence-corrected chi connectivity index (χ1v) is 6.56. The molecule has 90 valence electrons. The molecule has 0 aliphatic rings. The fourth-order valence-electron chi connectivity index (χ4n) is 1.12. The predicted molar refractivity (Wildman–Crippen MR) is 65.0 cm³/mol. The third-order valence-corrected chi connectivity index (χ3v) is 3.26. The van der Waals surface area contributed by atoms with E-state index in [1.165, 1.54) is 18.2 Å². The van der Waals surface area contributed by atoms with E-state index in [-0.39, 0.29) is 10.9 Å². The maximum atomic E-state index is 11.1. The van der Waals surface area contributed by atoms with E-state index < -0.39 is 10.0 Å². The van der Waals surface area contributed by atoms with Gasteiger partial charge in [-0.3, -0.25) is 0 Å². The molecule has 1 atom stereocenters. The Kier molecular flexibility index (Phi) is 4.15. The molecule has 0 aliphatic carbocycles. The van der Waals surface area contributed by atoms with E-state index >= 15 is 0 Å². The molecule has 1 unspecified atom stereocenters. The molecule has 0 spiro atoms. The van der Waals surface area contributed by atoms with Gasteiger partial charge in [0.15, 0.2) is 0 Å². The van der Waals surface area contributed by atoms with E-state index in [4.69, 9.17) is 22.5 Å². The average molecular weight is 264 g/mol. The molecule has 7 heteroatoms. The average Bonchev–Trinajstić information content (AvgIpc) is 2.19. The lowest BCUT2D eigenvalue weighted by atomic mass is 10.2. The highest BCUT2D eigenvalue weighted by atomic mass is 35.5. The third-order valence-electron chi connectivity index (χ3n) is 2.02. The standard InChI is InChI=1S/C9H14ClN3O2S/c1-6(5-11)13-9-4-7(16(12,14)15)2-3-8(9)10/h2-4,6,13H,5,11H2,1H3,(H2,12,14,15). The van der Waals surface area contributed by atoms with Crippen LogP contribution in [0.2, 0.25) is 5.02 Å². The van der Waals surface area contributed by atoms with Gasteiger partial charge in [0.2, 0.25) is 10.0 Å². The molecule has 0 fully saturated rings. The second-order valence-electron chi connectivity index (χ2n) is 3.47.